The van der Waals surface area contributed by atoms with Crippen molar-refractivity contribution in [2.75, 3.05) is 0 Å². The summed E-state index contributed by atoms with van der Waals surface area (Å²) in [6, 6.07) is 18.4. The summed E-state index contributed by atoms with van der Waals surface area (Å²) in [5.41, 5.74) is 3.01. The molecule has 0 atom stereocenters. The number of hydrogen-bond acceptors (Lipinski definition) is 5. The van der Waals surface area contributed by atoms with Crippen LogP contribution >= 0.6 is 0 Å². The van der Waals surface area contributed by atoms with E-state index in [0.717, 1.165) is 11.1 Å². The number of rotatable bonds is 3. The molecule has 0 aliphatic rings. The molecular weight excluding hydrogens is 276 g/mol. The minimum absolute atomic E-state index is 0.481. The molecule has 1 heterocycles. The van der Waals surface area contributed by atoms with E-state index in [1.165, 1.54) is 4.80 Å². The fourth-order valence-electron chi connectivity index (χ4n) is 1.97. The van der Waals surface area contributed by atoms with Crippen LogP contribution in [-0.4, -0.2) is 20.2 Å². The average molecular weight is 286 g/mol. The normalized spacial score (nSPS) is 9.91. The molecule has 3 rings (SSSR count). The van der Waals surface area contributed by atoms with Gasteiger partial charge in [0.1, 0.15) is 0 Å². The van der Waals surface area contributed by atoms with Gasteiger partial charge in [0.2, 0.25) is 5.82 Å². The summed E-state index contributed by atoms with van der Waals surface area (Å²) < 4.78 is 0. The van der Waals surface area contributed by atoms with E-state index in [2.05, 4.69) is 27.5 Å². The Kier molecular flexibility index (Phi) is 3.59. The minimum Gasteiger partial charge on any atom is -0.192 e. The van der Waals surface area contributed by atoms with Crippen LogP contribution in [0.4, 0.5) is 0 Å². The maximum atomic E-state index is 8.79. The summed E-state index contributed by atoms with van der Waals surface area (Å²) in [4.78, 5) is 1.49. The van der Waals surface area contributed by atoms with Crippen molar-refractivity contribution in [1.29, 1.82) is 10.5 Å². The van der Waals surface area contributed by atoms with Crippen LogP contribution in [0.5, 0.6) is 0 Å². The average Bonchev–Trinajstić information content (AvgIpc) is 3.04. The van der Waals surface area contributed by atoms with Crippen molar-refractivity contribution in [3.8, 4) is 23.5 Å². The molecule has 0 aliphatic carbocycles. The highest BCUT2D eigenvalue weighted by Gasteiger charge is 2.06. The lowest BCUT2D eigenvalue weighted by Crippen LogP contribution is -2.03. The second-order valence-corrected chi connectivity index (χ2v) is 4.64. The predicted molar refractivity (Wildman–Crippen MR) is 78.2 cm³/mol. The Balaban J connectivity index is 1.78. The SMILES string of the molecule is N#Cc1ccc(Cn2nnc(-c3ccc(C#N)cc3)n2)cc1. The van der Waals surface area contributed by atoms with E-state index in [9.17, 15) is 0 Å². The van der Waals surface area contributed by atoms with E-state index in [-0.39, 0.29) is 0 Å². The third-order valence-electron chi connectivity index (χ3n) is 3.13. The van der Waals surface area contributed by atoms with Gasteiger partial charge < -0.3 is 0 Å². The molecule has 22 heavy (non-hydrogen) atoms. The quantitative estimate of drug-likeness (QED) is 0.735. The maximum absolute atomic E-state index is 8.79. The van der Waals surface area contributed by atoms with Gasteiger partial charge in [-0.3, -0.25) is 0 Å². The monoisotopic (exact) mass is 286 g/mol. The highest BCUT2D eigenvalue weighted by atomic mass is 15.6. The first kappa shape index (κ1) is 13.5. The lowest BCUT2D eigenvalue weighted by molar-refractivity contribution is 0.573. The largest absolute Gasteiger partial charge is 0.204 e. The van der Waals surface area contributed by atoms with E-state index in [1.807, 2.05) is 12.1 Å². The molecule has 0 aliphatic heterocycles. The molecule has 0 unspecified atom stereocenters. The molecule has 6 heteroatoms. The Morgan fingerprint density at radius 3 is 2.05 bits per heavy atom. The third-order valence-corrected chi connectivity index (χ3v) is 3.13. The zero-order chi connectivity index (χ0) is 15.4. The predicted octanol–water partition coefficient (Wildman–Crippen LogP) is 2.13. The van der Waals surface area contributed by atoms with Crippen LogP contribution in [0.15, 0.2) is 48.5 Å². The van der Waals surface area contributed by atoms with Gasteiger partial charge in [0.25, 0.3) is 0 Å². The molecule has 0 spiro atoms. The second-order valence-electron chi connectivity index (χ2n) is 4.64. The van der Waals surface area contributed by atoms with Crippen molar-refractivity contribution in [1.82, 2.24) is 20.2 Å². The fraction of sp³-hybridized carbons (Fsp3) is 0.0625. The summed E-state index contributed by atoms with van der Waals surface area (Å²) in [7, 11) is 0. The lowest BCUT2D eigenvalue weighted by Gasteiger charge is -1.99. The lowest BCUT2D eigenvalue weighted by atomic mass is 10.1. The van der Waals surface area contributed by atoms with Gasteiger partial charge in [0.15, 0.2) is 0 Å². The van der Waals surface area contributed by atoms with Crippen molar-refractivity contribution in [2.24, 2.45) is 0 Å². The number of aromatic nitrogens is 4. The molecule has 0 radical (unpaired) electrons. The van der Waals surface area contributed by atoms with Crippen molar-refractivity contribution in [3.63, 3.8) is 0 Å². The van der Waals surface area contributed by atoms with E-state index >= 15 is 0 Å². The van der Waals surface area contributed by atoms with Crippen LogP contribution in [0.3, 0.4) is 0 Å². The van der Waals surface area contributed by atoms with Gasteiger partial charge in [0, 0.05) is 5.56 Å². The van der Waals surface area contributed by atoms with Crippen LogP contribution in [0.1, 0.15) is 16.7 Å². The minimum atomic E-state index is 0.481. The van der Waals surface area contributed by atoms with E-state index < -0.39 is 0 Å². The molecular formula is C16H10N6. The molecule has 0 fully saturated rings. The number of nitriles is 2. The van der Waals surface area contributed by atoms with Crippen molar-refractivity contribution < 1.29 is 0 Å². The summed E-state index contributed by atoms with van der Waals surface area (Å²) in [5, 5.41) is 29.9. The Hall–Kier alpha value is -3.51. The standard InChI is InChI=1S/C16H10N6/c17-9-12-1-3-14(4-2-12)11-22-20-16(19-21-22)15-7-5-13(10-18)6-8-15/h1-8H,11H2. The molecule has 0 amide bonds. The van der Waals surface area contributed by atoms with Crippen LogP contribution in [0.2, 0.25) is 0 Å². The first-order valence-corrected chi connectivity index (χ1v) is 6.56. The Morgan fingerprint density at radius 1 is 0.864 bits per heavy atom. The molecule has 0 N–H and O–H groups in total. The molecule has 3 aromatic rings. The van der Waals surface area contributed by atoms with Gasteiger partial charge in [-0.15, -0.1) is 10.2 Å². The number of hydrogen-bond donors (Lipinski definition) is 0. The summed E-state index contributed by atoms with van der Waals surface area (Å²) in [5.74, 6) is 0.512. The molecule has 0 saturated carbocycles. The van der Waals surface area contributed by atoms with E-state index in [4.69, 9.17) is 10.5 Å². The zero-order valence-corrected chi connectivity index (χ0v) is 11.5. The number of tetrazole rings is 1. The first-order chi connectivity index (χ1) is 10.8. The van der Waals surface area contributed by atoms with Crippen molar-refractivity contribution in [3.05, 3.63) is 65.2 Å². The molecule has 0 saturated heterocycles. The zero-order valence-electron chi connectivity index (χ0n) is 11.5. The van der Waals surface area contributed by atoms with E-state index in [1.54, 1.807) is 36.4 Å². The topological polar surface area (TPSA) is 91.2 Å². The van der Waals surface area contributed by atoms with Crippen LogP contribution in [0, 0.1) is 22.7 Å². The Morgan fingerprint density at radius 2 is 1.45 bits per heavy atom. The number of benzene rings is 2. The molecule has 2 aromatic carbocycles. The fourth-order valence-corrected chi connectivity index (χ4v) is 1.97. The second kappa shape index (κ2) is 5.86. The molecule has 0 bridgehead atoms. The van der Waals surface area contributed by atoms with Gasteiger partial charge in [-0.05, 0) is 47.2 Å². The molecule has 1 aromatic heterocycles. The van der Waals surface area contributed by atoms with Crippen LogP contribution in [0.25, 0.3) is 11.4 Å². The van der Waals surface area contributed by atoms with Gasteiger partial charge >= 0.3 is 0 Å². The number of nitrogens with zero attached hydrogens (tertiary/aromatic N) is 6. The third kappa shape index (κ3) is 2.82. The van der Waals surface area contributed by atoms with Gasteiger partial charge in [0.05, 0.1) is 29.8 Å². The molecule has 6 nitrogen and oxygen atoms in total. The van der Waals surface area contributed by atoms with Crippen LogP contribution < -0.4 is 0 Å². The summed E-state index contributed by atoms with van der Waals surface area (Å²) >= 11 is 0. The van der Waals surface area contributed by atoms with Gasteiger partial charge in [-0.1, -0.05) is 12.1 Å². The van der Waals surface area contributed by atoms with E-state index in [0.29, 0.717) is 23.5 Å². The summed E-state index contributed by atoms with van der Waals surface area (Å²) in [6.45, 7) is 0.481. The van der Waals surface area contributed by atoms with Crippen molar-refractivity contribution in [2.45, 2.75) is 6.54 Å². The van der Waals surface area contributed by atoms with Crippen molar-refractivity contribution >= 4 is 0 Å². The van der Waals surface area contributed by atoms with Gasteiger partial charge in [-0.2, -0.15) is 15.3 Å². The summed E-state index contributed by atoms with van der Waals surface area (Å²) in [6.07, 6.45) is 0. The Bertz CT molecular complexity index is 863. The smallest absolute Gasteiger partial charge is 0.192 e. The highest BCUT2D eigenvalue weighted by molar-refractivity contribution is 5.55. The maximum Gasteiger partial charge on any atom is 0.204 e. The van der Waals surface area contributed by atoms with Crippen LogP contribution in [-0.2, 0) is 6.54 Å². The first-order valence-electron chi connectivity index (χ1n) is 6.56. The molecule has 104 valence electrons. The van der Waals surface area contributed by atoms with Gasteiger partial charge in [-0.25, -0.2) is 0 Å². The Labute approximate surface area is 126 Å². The highest BCUT2D eigenvalue weighted by Crippen LogP contribution is 2.14.